The maximum Gasteiger partial charge on any atom is 0.0720 e. The van der Waals surface area contributed by atoms with Crippen LogP contribution in [-0.4, -0.2) is 12.1 Å². The van der Waals surface area contributed by atoms with Gasteiger partial charge in [-0.2, -0.15) is 0 Å². The second-order valence-corrected chi connectivity index (χ2v) is 4.83. The molecule has 0 radical (unpaired) electrons. The first-order valence-electron chi connectivity index (χ1n) is 6.17. The Morgan fingerprint density at radius 3 is 2.75 bits per heavy atom. The van der Waals surface area contributed by atoms with E-state index < -0.39 is 0 Å². The third kappa shape index (κ3) is 3.95. The van der Waals surface area contributed by atoms with Crippen molar-refractivity contribution in [1.82, 2.24) is 5.32 Å². The highest BCUT2D eigenvalue weighted by atomic mass is 16.5. The molecule has 1 saturated carbocycles. The van der Waals surface area contributed by atoms with Gasteiger partial charge in [-0.05, 0) is 37.8 Å². The van der Waals surface area contributed by atoms with Crippen molar-refractivity contribution in [1.29, 1.82) is 0 Å². The summed E-state index contributed by atoms with van der Waals surface area (Å²) >= 11 is 0. The highest BCUT2D eigenvalue weighted by Gasteiger charge is 2.19. The van der Waals surface area contributed by atoms with Gasteiger partial charge in [0.05, 0.1) is 12.7 Å². The lowest BCUT2D eigenvalue weighted by atomic mass is 10.1. The summed E-state index contributed by atoms with van der Waals surface area (Å²) in [6.45, 7) is 5.84. The van der Waals surface area contributed by atoms with E-state index in [0.29, 0.717) is 6.10 Å². The Labute approximate surface area is 98.0 Å². The monoisotopic (exact) mass is 219 g/mol. The zero-order chi connectivity index (χ0) is 11.4. The highest BCUT2D eigenvalue weighted by Crippen LogP contribution is 2.19. The number of rotatable bonds is 6. The molecule has 0 spiro atoms. The fraction of sp³-hybridized carbons (Fsp3) is 0.571. The first-order chi connectivity index (χ1) is 7.74. The van der Waals surface area contributed by atoms with Crippen LogP contribution >= 0.6 is 0 Å². The van der Waals surface area contributed by atoms with Gasteiger partial charge in [-0.3, -0.25) is 0 Å². The summed E-state index contributed by atoms with van der Waals surface area (Å²) in [6.07, 6.45) is 2.99. The third-order valence-electron chi connectivity index (χ3n) is 2.75. The predicted octanol–water partition coefficient (Wildman–Crippen LogP) is 2.86. The van der Waals surface area contributed by atoms with Gasteiger partial charge in [0, 0.05) is 12.6 Å². The van der Waals surface area contributed by atoms with Crippen LogP contribution in [0.3, 0.4) is 0 Å². The Morgan fingerprint density at radius 1 is 1.31 bits per heavy atom. The molecule has 0 amide bonds. The van der Waals surface area contributed by atoms with E-state index in [4.69, 9.17) is 4.74 Å². The summed E-state index contributed by atoms with van der Waals surface area (Å²) in [5, 5.41) is 3.52. The first kappa shape index (κ1) is 11.6. The molecule has 1 N–H and O–H groups in total. The minimum atomic E-state index is 0.299. The normalized spacial score (nSPS) is 15.7. The Kier molecular flexibility index (Phi) is 3.97. The molecule has 0 bridgehead atoms. The van der Waals surface area contributed by atoms with Crippen molar-refractivity contribution in [3.63, 3.8) is 0 Å². The molecule has 1 aromatic carbocycles. The summed E-state index contributed by atoms with van der Waals surface area (Å²) in [6, 6.07) is 9.42. The second kappa shape index (κ2) is 5.46. The second-order valence-electron chi connectivity index (χ2n) is 4.83. The van der Waals surface area contributed by atoms with Gasteiger partial charge in [-0.15, -0.1) is 0 Å². The number of benzene rings is 1. The summed E-state index contributed by atoms with van der Waals surface area (Å²) in [4.78, 5) is 0. The molecule has 88 valence electrons. The lowest BCUT2D eigenvalue weighted by Crippen LogP contribution is -2.15. The Hall–Kier alpha value is -0.860. The van der Waals surface area contributed by atoms with Crippen LogP contribution in [0.15, 0.2) is 24.3 Å². The number of ether oxygens (including phenoxy) is 1. The van der Waals surface area contributed by atoms with Gasteiger partial charge in [0.15, 0.2) is 0 Å². The molecule has 2 nitrogen and oxygen atoms in total. The van der Waals surface area contributed by atoms with E-state index in [2.05, 4.69) is 43.4 Å². The van der Waals surface area contributed by atoms with Gasteiger partial charge < -0.3 is 10.1 Å². The van der Waals surface area contributed by atoms with Crippen molar-refractivity contribution in [3.8, 4) is 0 Å². The molecule has 0 aromatic heterocycles. The van der Waals surface area contributed by atoms with E-state index in [1.807, 2.05) is 0 Å². The summed E-state index contributed by atoms with van der Waals surface area (Å²) in [5.74, 6) is 0. The lowest BCUT2D eigenvalue weighted by molar-refractivity contribution is 0.0657. The van der Waals surface area contributed by atoms with Crippen LogP contribution in [0.2, 0.25) is 0 Å². The molecule has 0 saturated heterocycles. The summed E-state index contributed by atoms with van der Waals surface area (Å²) in [5.41, 5.74) is 2.63. The van der Waals surface area contributed by atoms with Gasteiger partial charge in [-0.25, -0.2) is 0 Å². The van der Waals surface area contributed by atoms with E-state index >= 15 is 0 Å². The molecule has 1 aliphatic carbocycles. The smallest absolute Gasteiger partial charge is 0.0720 e. The molecule has 0 unspecified atom stereocenters. The zero-order valence-electron chi connectivity index (χ0n) is 10.2. The van der Waals surface area contributed by atoms with Crippen molar-refractivity contribution in [2.75, 3.05) is 0 Å². The summed E-state index contributed by atoms with van der Waals surface area (Å²) < 4.78 is 5.60. The molecule has 0 aliphatic heterocycles. The van der Waals surface area contributed by atoms with Crippen LogP contribution < -0.4 is 5.32 Å². The van der Waals surface area contributed by atoms with Crippen molar-refractivity contribution in [2.24, 2.45) is 0 Å². The SMILES string of the molecule is CC(C)OCc1cccc(CNC2CC2)c1. The number of nitrogens with one attached hydrogen (secondary N) is 1. The molecule has 1 aromatic rings. The number of hydrogen-bond acceptors (Lipinski definition) is 2. The number of hydrogen-bond donors (Lipinski definition) is 1. The Bertz CT molecular complexity index is 310. The Balaban J connectivity index is 1.84. The predicted molar refractivity (Wildman–Crippen MR) is 66.2 cm³/mol. The Morgan fingerprint density at radius 2 is 2.06 bits per heavy atom. The fourth-order valence-electron chi connectivity index (χ4n) is 1.64. The third-order valence-corrected chi connectivity index (χ3v) is 2.75. The molecule has 16 heavy (non-hydrogen) atoms. The molecule has 0 atom stereocenters. The molecular weight excluding hydrogens is 198 g/mol. The van der Waals surface area contributed by atoms with Crippen molar-refractivity contribution < 1.29 is 4.74 Å². The zero-order valence-corrected chi connectivity index (χ0v) is 10.2. The maximum absolute atomic E-state index is 5.60. The van der Waals surface area contributed by atoms with Crippen molar-refractivity contribution >= 4 is 0 Å². The topological polar surface area (TPSA) is 21.3 Å². The van der Waals surface area contributed by atoms with Gasteiger partial charge in [0.1, 0.15) is 0 Å². The highest BCUT2D eigenvalue weighted by molar-refractivity contribution is 5.23. The van der Waals surface area contributed by atoms with Gasteiger partial charge in [0.2, 0.25) is 0 Å². The van der Waals surface area contributed by atoms with Crippen LogP contribution in [0.1, 0.15) is 37.8 Å². The fourth-order valence-corrected chi connectivity index (χ4v) is 1.64. The van der Waals surface area contributed by atoms with Crippen LogP contribution in [0.25, 0.3) is 0 Å². The molecule has 1 fully saturated rings. The minimum Gasteiger partial charge on any atom is -0.374 e. The van der Waals surface area contributed by atoms with E-state index in [1.54, 1.807) is 0 Å². The molecule has 0 heterocycles. The first-order valence-corrected chi connectivity index (χ1v) is 6.17. The average Bonchev–Trinajstić information content (AvgIpc) is 3.08. The average molecular weight is 219 g/mol. The van der Waals surface area contributed by atoms with Crippen LogP contribution in [0.4, 0.5) is 0 Å². The maximum atomic E-state index is 5.60. The van der Waals surface area contributed by atoms with Crippen LogP contribution in [0, 0.1) is 0 Å². The minimum absolute atomic E-state index is 0.299. The lowest BCUT2D eigenvalue weighted by Gasteiger charge is -2.09. The van der Waals surface area contributed by atoms with Crippen LogP contribution in [-0.2, 0) is 17.9 Å². The van der Waals surface area contributed by atoms with Crippen molar-refractivity contribution in [3.05, 3.63) is 35.4 Å². The van der Waals surface area contributed by atoms with Crippen molar-refractivity contribution in [2.45, 2.75) is 52.0 Å². The molecular formula is C14H21NO. The van der Waals surface area contributed by atoms with E-state index in [-0.39, 0.29) is 0 Å². The summed E-state index contributed by atoms with van der Waals surface area (Å²) in [7, 11) is 0. The largest absolute Gasteiger partial charge is 0.374 e. The quantitative estimate of drug-likeness (QED) is 0.794. The van der Waals surface area contributed by atoms with Gasteiger partial charge in [0.25, 0.3) is 0 Å². The van der Waals surface area contributed by atoms with E-state index in [0.717, 1.165) is 19.2 Å². The van der Waals surface area contributed by atoms with Crippen LogP contribution in [0.5, 0.6) is 0 Å². The molecule has 2 heteroatoms. The van der Waals surface area contributed by atoms with Gasteiger partial charge >= 0.3 is 0 Å². The van der Waals surface area contributed by atoms with E-state index in [1.165, 1.54) is 24.0 Å². The molecule has 2 rings (SSSR count). The van der Waals surface area contributed by atoms with Gasteiger partial charge in [-0.1, -0.05) is 24.3 Å². The van der Waals surface area contributed by atoms with E-state index in [9.17, 15) is 0 Å². The molecule has 1 aliphatic rings. The standard InChI is InChI=1S/C14H21NO/c1-11(2)16-10-13-5-3-4-12(8-13)9-15-14-6-7-14/h3-5,8,11,14-15H,6-7,9-10H2,1-2H3.